The van der Waals surface area contributed by atoms with Crippen LogP contribution in [0.4, 0.5) is 0 Å². The van der Waals surface area contributed by atoms with E-state index in [-0.39, 0.29) is 0 Å². The molecular formula is C15H29NS. The van der Waals surface area contributed by atoms with Gasteiger partial charge >= 0.3 is 0 Å². The zero-order valence-electron chi connectivity index (χ0n) is 11.6. The van der Waals surface area contributed by atoms with Crippen LogP contribution in [0.1, 0.15) is 58.3 Å². The Kier molecular flexibility index (Phi) is 4.82. The van der Waals surface area contributed by atoms with Crippen LogP contribution in [0.2, 0.25) is 0 Å². The van der Waals surface area contributed by atoms with Crippen LogP contribution >= 0.6 is 12.6 Å². The zero-order valence-corrected chi connectivity index (χ0v) is 12.5. The lowest BCUT2D eigenvalue weighted by Gasteiger charge is -2.39. The summed E-state index contributed by atoms with van der Waals surface area (Å²) in [6.07, 6.45) is 11.4. The molecule has 0 saturated heterocycles. The molecule has 0 spiro atoms. The highest BCUT2D eigenvalue weighted by atomic mass is 32.1. The summed E-state index contributed by atoms with van der Waals surface area (Å²) in [5, 5.41) is 0. The molecule has 0 radical (unpaired) electrons. The lowest BCUT2D eigenvalue weighted by molar-refractivity contribution is 0.113. The van der Waals surface area contributed by atoms with Crippen molar-refractivity contribution in [1.82, 2.24) is 4.90 Å². The van der Waals surface area contributed by atoms with E-state index in [2.05, 4.69) is 31.5 Å². The van der Waals surface area contributed by atoms with E-state index in [1.807, 2.05) is 0 Å². The first-order valence-electron chi connectivity index (χ1n) is 7.46. The van der Waals surface area contributed by atoms with Crippen LogP contribution in [0.5, 0.6) is 0 Å². The third-order valence-corrected chi connectivity index (χ3v) is 5.79. The second-order valence-electron chi connectivity index (χ2n) is 6.71. The van der Waals surface area contributed by atoms with Crippen molar-refractivity contribution in [2.45, 2.75) is 64.3 Å². The highest BCUT2D eigenvalue weighted by Crippen LogP contribution is 2.40. The van der Waals surface area contributed by atoms with Gasteiger partial charge in [-0.1, -0.05) is 32.6 Å². The van der Waals surface area contributed by atoms with Crippen LogP contribution < -0.4 is 0 Å². The minimum Gasteiger partial charge on any atom is -0.303 e. The Hall–Kier alpha value is 0.310. The number of rotatable bonds is 4. The Morgan fingerprint density at radius 3 is 2.47 bits per heavy atom. The summed E-state index contributed by atoms with van der Waals surface area (Å²) >= 11 is 4.63. The van der Waals surface area contributed by atoms with Gasteiger partial charge in [0.25, 0.3) is 0 Å². The van der Waals surface area contributed by atoms with E-state index in [1.54, 1.807) is 0 Å². The fourth-order valence-corrected chi connectivity index (χ4v) is 4.37. The summed E-state index contributed by atoms with van der Waals surface area (Å²) in [7, 11) is 2.35. The fourth-order valence-electron chi connectivity index (χ4n) is 3.95. The second-order valence-corrected chi connectivity index (χ2v) is 7.02. The summed E-state index contributed by atoms with van der Waals surface area (Å²) in [5.41, 5.74) is 0.540. The molecule has 2 atom stereocenters. The molecule has 0 amide bonds. The van der Waals surface area contributed by atoms with E-state index in [4.69, 9.17) is 0 Å². The van der Waals surface area contributed by atoms with Gasteiger partial charge in [0.2, 0.25) is 0 Å². The molecule has 2 unspecified atom stereocenters. The van der Waals surface area contributed by atoms with Crippen molar-refractivity contribution < 1.29 is 0 Å². The van der Waals surface area contributed by atoms with Crippen LogP contribution in [-0.2, 0) is 0 Å². The maximum atomic E-state index is 4.63. The normalized spacial score (nSPS) is 33.2. The maximum Gasteiger partial charge on any atom is 0.00949 e. The third-order valence-electron chi connectivity index (χ3n) is 5.12. The van der Waals surface area contributed by atoms with Gasteiger partial charge in [-0.2, -0.15) is 12.6 Å². The molecule has 0 aromatic heterocycles. The maximum absolute atomic E-state index is 4.63. The van der Waals surface area contributed by atoms with Gasteiger partial charge in [-0.3, -0.25) is 0 Å². The summed E-state index contributed by atoms with van der Waals surface area (Å²) < 4.78 is 0. The predicted molar refractivity (Wildman–Crippen MR) is 78.8 cm³/mol. The molecule has 0 aromatic rings. The van der Waals surface area contributed by atoms with Crippen molar-refractivity contribution >= 4 is 12.6 Å². The smallest absolute Gasteiger partial charge is 0.00949 e. The van der Waals surface area contributed by atoms with E-state index in [0.717, 1.165) is 17.7 Å². The van der Waals surface area contributed by atoms with Gasteiger partial charge in [-0.25, -0.2) is 0 Å². The molecule has 17 heavy (non-hydrogen) atoms. The van der Waals surface area contributed by atoms with E-state index >= 15 is 0 Å². The van der Waals surface area contributed by atoms with Crippen molar-refractivity contribution in [3.05, 3.63) is 0 Å². The molecule has 2 rings (SSSR count). The lowest BCUT2D eigenvalue weighted by Crippen LogP contribution is -2.42. The molecular weight excluding hydrogens is 226 g/mol. The van der Waals surface area contributed by atoms with Crippen LogP contribution in [-0.4, -0.2) is 30.3 Å². The van der Waals surface area contributed by atoms with Crippen LogP contribution in [0.25, 0.3) is 0 Å². The Morgan fingerprint density at radius 2 is 1.88 bits per heavy atom. The molecule has 100 valence electrons. The molecule has 0 aromatic carbocycles. The van der Waals surface area contributed by atoms with Crippen LogP contribution in [0.15, 0.2) is 0 Å². The predicted octanol–water partition coefficient (Wildman–Crippen LogP) is 3.99. The molecule has 0 N–H and O–H groups in total. The van der Waals surface area contributed by atoms with E-state index in [1.165, 1.54) is 57.9 Å². The highest BCUT2D eigenvalue weighted by molar-refractivity contribution is 7.80. The fraction of sp³-hybridized carbons (Fsp3) is 1.00. The molecule has 2 heteroatoms. The summed E-state index contributed by atoms with van der Waals surface area (Å²) in [6, 6.07) is 0.844. The molecule has 0 bridgehead atoms. The average Bonchev–Trinajstić information content (AvgIpc) is 2.78. The van der Waals surface area contributed by atoms with Crippen LogP contribution in [0, 0.1) is 11.3 Å². The number of thiol groups is 1. The van der Waals surface area contributed by atoms with Gasteiger partial charge < -0.3 is 4.90 Å². The minimum atomic E-state index is 0.540. The SMILES string of the molecule is CC1CCCC(N(C)CC2(CS)CCCC2)C1. The first-order valence-corrected chi connectivity index (χ1v) is 8.09. The molecule has 2 aliphatic rings. The number of nitrogens with zero attached hydrogens (tertiary/aromatic N) is 1. The molecule has 1 nitrogen and oxygen atoms in total. The van der Waals surface area contributed by atoms with Gasteiger partial charge in [0, 0.05) is 12.6 Å². The zero-order chi connectivity index (χ0) is 12.3. The van der Waals surface area contributed by atoms with Gasteiger partial charge in [0.05, 0.1) is 0 Å². The first kappa shape index (κ1) is 13.7. The highest BCUT2D eigenvalue weighted by Gasteiger charge is 2.35. The topological polar surface area (TPSA) is 3.24 Å². The second kappa shape index (κ2) is 5.97. The minimum absolute atomic E-state index is 0.540. The summed E-state index contributed by atoms with van der Waals surface area (Å²) in [4.78, 5) is 2.66. The van der Waals surface area contributed by atoms with Crippen molar-refractivity contribution in [3.63, 3.8) is 0 Å². The summed E-state index contributed by atoms with van der Waals surface area (Å²) in [6.45, 7) is 3.71. The van der Waals surface area contributed by atoms with Gasteiger partial charge in [0.15, 0.2) is 0 Å². The first-order chi connectivity index (χ1) is 8.15. The molecule has 2 saturated carbocycles. The third kappa shape index (κ3) is 3.41. The van der Waals surface area contributed by atoms with Crippen molar-refractivity contribution in [2.75, 3.05) is 19.3 Å². The Morgan fingerprint density at radius 1 is 1.18 bits per heavy atom. The van der Waals surface area contributed by atoms with Gasteiger partial charge in [-0.05, 0) is 49.8 Å². The quantitative estimate of drug-likeness (QED) is 0.744. The van der Waals surface area contributed by atoms with E-state index in [9.17, 15) is 0 Å². The van der Waals surface area contributed by atoms with E-state index < -0.39 is 0 Å². The van der Waals surface area contributed by atoms with Gasteiger partial charge in [-0.15, -0.1) is 0 Å². The Labute approximate surface area is 113 Å². The molecule has 2 aliphatic carbocycles. The lowest BCUT2D eigenvalue weighted by atomic mass is 9.83. The number of hydrogen-bond donors (Lipinski definition) is 1. The van der Waals surface area contributed by atoms with Gasteiger partial charge in [0.1, 0.15) is 0 Å². The summed E-state index contributed by atoms with van der Waals surface area (Å²) in [5.74, 6) is 2.02. The van der Waals surface area contributed by atoms with Crippen molar-refractivity contribution in [2.24, 2.45) is 11.3 Å². The Balaban J connectivity index is 1.88. The standard InChI is InChI=1S/C15H29NS/c1-13-6-5-7-14(10-13)16(2)11-15(12-17)8-3-4-9-15/h13-14,17H,3-12H2,1-2H3. The Bertz CT molecular complexity index is 235. The largest absolute Gasteiger partial charge is 0.303 e. The van der Waals surface area contributed by atoms with E-state index in [0.29, 0.717) is 5.41 Å². The molecule has 0 aliphatic heterocycles. The van der Waals surface area contributed by atoms with Crippen molar-refractivity contribution in [3.8, 4) is 0 Å². The average molecular weight is 255 g/mol. The van der Waals surface area contributed by atoms with Crippen LogP contribution in [0.3, 0.4) is 0 Å². The molecule has 2 fully saturated rings. The van der Waals surface area contributed by atoms with Crippen molar-refractivity contribution in [1.29, 1.82) is 0 Å². The monoisotopic (exact) mass is 255 g/mol. The number of hydrogen-bond acceptors (Lipinski definition) is 2. The molecule has 0 heterocycles.